The van der Waals surface area contributed by atoms with Gasteiger partial charge in [0.2, 0.25) is 0 Å². The molecule has 0 unspecified atom stereocenters. The summed E-state index contributed by atoms with van der Waals surface area (Å²) in [6.45, 7) is 2.77. The van der Waals surface area contributed by atoms with Crippen LogP contribution in [0.4, 0.5) is 10.5 Å². The molecule has 0 radical (unpaired) electrons. The fraction of sp³-hybridized carbons (Fsp3) is 0.632. The van der Waals surface area contributed by atoms with Gasteiger partial charge in [-0.1, -0.05) is 12.8 Å². The number of carbonyl (C=O) groups is 1. The Morgan fingerprint density at radius 3 is 2.58 bits per heavy atom. The highest BCUT2D eigenvalue weighted by atomic mass is 32.2. The summed E-state index contributed by atoms with van der Waals surface area (Å²) >= 11 is 1.98. The van der Waals surface area contributed by atoms with Gasteiger partial charge in [-0.25, -0.2) is 4.79 Å². The van der Waals surface area contributed by atoms with Crippen molar-refractivity contribution in [2.75, 3.05) is 39.0 Å². The smallest absolute Gasteiger partial charge is 0.321 e. The van der Waals surface area contributed by atoms with Gasteiger partial charge in [0, 0.05) is 35.5 Å². The van der Waals surface area contributed by atoms with E-state index in [1.54, 1.807) is 0 Å². The molecule has 0 aromatic heterocycles. The lowest BCUT2D eigenvalue weighted by molar-refractivity contribution is 0.219. The third kappa shape index (κ3) is 4.90. The molecule has 1 heterocycles. The number of likely N-dealkylation sites (tertiary alicyclic amines) is 1. The van der Waals surface area contributed by atoms with Crippen molar-refractivity contribution in [3.8, 4) is 0 Å². The second kappa shape index (κ2) is 8.26. The van der Waals surface area contributed by atoms with Crippen molar-refractivity contribution in [1.82, 2.24) is 9.80 Å². The molecule has 5 heteroatoms. The van der Waals surface area contributed by atoms with Crippen molar-refractivity contribution >= 4 is 23.5 Å². The van der Waals surface area contributed by atoms with E-state index in [9.17, 15) is 4.79 Å². The lowest BCUT2D eigenvalue weighted by atomic mass is 10.1. The van der Waals surface area contributed by atoms with Gasteiger partial charge in [-0.2, -0.15) is 0 Å². The molecule has 0 bridgehead atoms. The third-order valence-electron chi connectivity index (χ3n) is 4.91. The van der Waals surface area contributed by atoms with Gasteiger partial charge in [0.15, 0.2) is 0 Å². The van der Waals surface area contributed by atoms with Crippen molar-refractivity contribution in [3.05, 3.63) is 24.3 Å². The van der Waals surface area contributed by atoms with E-state index in [0.29, 0.717) is 5.92 Å². The van der Waals surface area contributed by atoms with E-state index in [2.05, 4.69) is 36.4 Å². The normalized spacial score (nSPS) is 21.6. The van der Waals surface area contributed by atoms with Crippen molar-refractivity contribution in [1.29, 1.82) is 0 Å². The number of carbonyl (C=O) groups excluding carboxylic acids is 1. The topological polar surface area (TPSA) is 35.6 Å². The van der Waals surface area contributed by atoms with E-state index in [1.165, 1.54) is 30.6 Å². The van der Waals surface area contributed by atoms with Crippen LogP contribution in [-0.4, -0.2) is 54.8 Å². The Bertz CT molecular complexity index is 540. The molecule has 3 rings (SSSR count). The van der Waals surface area contributed by atoms with Gasteiger partial charge in [-0.15, -0.1) is 11.8 Å². The Labute approximate surface area is 150 Å². The van der Waals surface area contributed by atoms with Crippen LogP contribution in [0.15, 0.2) is 29.2 Å². The number of amides is 2. The van der Waals surface area contributed by atoms with E-state index in [0.717, 1.165) is 37.0 Å². The van der Waals surface area contributed by atoms with Gasteiger partial charge in [0.1, 0.15) is 0 Å². The van der Waals surface area contributed by atoms with Crippen LogP contribution in [0, 0.1) is 5.92 Å². The third-order valence-corrected chi connectivity index (χ3v) is 6.26. The first-order valence-corrected chi connectivity index (χ1v) is 9.95. The fourth-order valence-electron chi connectivity index (χ4n) is 3.70. The standard InChI is InChI=1S/C19H29N3OS/c1-21(2)13-15-11-12-22(14-15)19(23)20-16-7-9-18(10-8-16)24-17-5-3-4-6-17/h7-10,15,17H,3-6,11-14H2,1-2H3,(H,20,23)/t15-/m0/s1. The summed E-state index contributed by atoms with van der Waals surface area (Å²) in [6, 6.07) is 8.37. The number of thioether (sulfide) groups is 1. The zero-order valence-electron chi connectivity index (χ0n) is 14.8. The summed E-state index contributed by atoms with van der Waals surface area (Å²) in [5, 5.41) is 3.82. The summed E-state index contributed by atoms with van der Waals surface area (Å²) in [5.74, 6) is 0.593. The molecular formula is C19H29N3OS. The van der Waals surface area contributed by atoms with Crippen molar-refractivity contribution < 1.29 is 4.79 Å². The predicted molar refractivity (Wildman–Crippen MR) is 102 cm³/mol. The number of hydrogen-bond donors (Lipinski definition) is 1. The van der Waals surface area contributed by atoms with Crippen molar-refractivity contribution in [2.45, 2.75) is 42.2 Å². The number of benzene rings is 1. The van der Waals surface area contributed by atoms with Gasteiger partial charge >= 0.3 is 6.03 Å². The van der Waals surface area contributed by atoms with Crippen molar-refractivity contribution in [3.63, 3.8) is 0 Å². The average molecular weight is 348 g/mol. The van der Waals surface area contributed by atoms with E-state index < -0.39 is 0 Å². The molecule has 0 spiro atoms. The minimum atomic E-state index is 0.0347. The van der Waals surface area contributed by atoms with E-state index >= 15 is 0 Å². The monoisotopic (exact) mass is 347 g/mol. The second-order valence-electron chi connectivity index (χ2n) is 7.34. The molecule has 132 valence electrons. The molecule has 2 aliphatic rings. The van der Waals surface area contributed by atoms with Crippen LogP contribution in [0.5, 0.6) is 0 Å². The SMILES string of the molecule is CN(C)C[C@@H]1CCN(C(=O)Nc2ccc(SC3CCCC3)cc2)C1. The number of anilines is 1. The number of nitrogens with zero attached hydrogens (tertiary/aromatic N) is 2. The van der Waals surface area contributed by atoms with E-state index in [-0.39, 0.29) is 6.03 Å². The van der Waals surface area contributed by atoms with Gasteiger partial charge < -0.3 is 15.1 Å². The molecule has 1 aliphatic heterocycles. The Kier molecular flexibility index (Phi) is 6.06. The molecule has 1 aliphatic carbocycles. The number of rotatable bonds is 5. The average Bonchev–Trinajstić information content (AvgIpc) is 3.20. The first kappa shape index (κ1) is 17.6. The summed E-state index contributed by atoms with van der Waals surface area (Å²) in [5.41, 5.74) is 0.895. The maximum Gasteiger partial charge on any atom is 0.321 e. The van der Waals surface area contributed by atoms with Gasteiger partial charge in [0.05, 0.1) is 0 Å². The first-order chi connectivity index (χ1) is 11.6. The number of urea groups is 1. The van der Waals surface area contributed by atoms with Crippen LogP contribution in [0.3, 0.4) is 0 Å². The summed E-state index contributed by atoms with van der Waals surface area (Å²) in [4.78, 5) is 17.9. The Morgan fingerprint density at radius 1 is 1.21 bits per heavy atom. The lowest BCUT2D eigenvalue weighted by Crippen LogP contribution is -2.34. The van der Waals surface area contributed by atoms with E-state index in [1.807, 2.05) is 28.8 Å². The van der Waals surface area contributed by atoms with Crippen LogP contribution in [0.1, 0.15) is 32.1 Å². The van der Waals surface area contributed by atoms with Gasteiger partial charge in [0.25, 0.3) is 0 Å². The molecule has 1 N–H and O–H groups in total. The number of hydrogen-bond acceptors (Lipinski definition) is 3. The Balaban J connectivity index is 1.47. The van der Waals surface area contributed by atoms with Crippen LogP contribution in [0.25, 0.3) is 0 Å². The van der Waals surface area contributed by atoms with Crippen LogP contribution in [0.2, 0.25) is 0 Å². The molecule has 1 aromatic rings. The van der Waals surface area contributed by atoms with Gasteiger partial charge in [-0.05, 0) is 63.5 Å². The maximum atomic E-state index is 12.4. The fourth-order valence-corrected chi connectivity index (χ4v) is 4.95. The molecule has 1 aromatic carbocycles. The summed E-state index contributed by atoms with van der Waals surface area (Å²) in [7, 11) is 4.18. The molecule has 24 heavy (non-hydrogen) atoms. The van der Waals surface area contributed by atoms with E-state index in [4.69, 9.17) is 0 Å². The molecule has 2 fully saturated rings. The summed E-state index contributed by atoms with van der Waals surface area (Å²) < 4.78 is 0. The Hall–Kier alpha value is -1.20. The predicted octanol–water partition coefficient (Wildman–Crippen LogP) is 4.14. The maximum absolute atomic E-state index is 12.4. The highest BCUT2D eigenvalue weighted by Crippen LogP contribution is 2.35. The lowest BCUT2D eigenvalue weighted by Gasteiger charge is -2.19. The van der Waals surface area contributed by atoms with Crippen LogP contribution >= 0.6 is 11.8 Å². The molecule has 4 nitrogen and oxygen atoms in total. The first-order valence-electron chi connectivity index (χ1n) is 9.07. The highest BCUT2D eigenvalue weighted by Gasteiger charge is 2.26. The quantitative estimate of drug-likeness (QED) is 0.869. The zero-order chi connectivity index (χ0) is 16.9. The minimum absolute atomic E-state index is 0.0347. The molecule has 1 saturated heterocycles. The molecule has 2 amide bonds. The van der Waals surface area contributed by atoms with Gasteiger partial charge in [-0.3, -0.25) is 0 Å². The second-order valence-corrected chi connectivity index (χ2v) is 8.72. The molecular weight excluding hydrogens is 318 g/mol. The van der Waals surface area contributed by atoms with Crippen molar-refractivity contribution in [2.24, 2.45) is 5.92 Å². The Morgan fingerprint density at radius 2 is 1.92 bits per heavy atom. The van der Waals surface area contributed by atoms with Crippen LogP contribution in [-0.2, 0) is 0 Å². The minimum Gasteiger partial charge on any atom is -0.324 e. The zero-order valence-corrected chi connectivity index (χ0v) is 15.6. The molecule has 1 atom stereocenters. The number of nitrogens with one attached hydrogen (secondary N) is 1. The summed E-state index contributed by atoms with van der Waals surface area (Å²) in [6.07, 6.45) is 6.52. The molecule has 1 saturated carbocycles. The highest BCUT2D eigenvalue weighted by molar-refractivity contribution is 8.00. The van der Waals surface area contributed by atoms with Crippen LogP contribution < -0.4 is 5.32 Å². The largest absolute Gasteiger partial charge is 0.324 e.